The molecule has 0 N–H and O–H groups in total. The lowest BCUT2D eigenvalue weighted by molar-refractivity contribution is -0.116. The molecule has 0 unspecified atom stereocenters. The van der Waals surface area contributed by atoms with Gasteiger partial charge in [-0.3, -0.25) is 0 Å². The summed E-state index contributed by atoms with van der Waals surface area (Å²) in [6, 6.07) is 0. The van der Waals surface area contributed by atoms with Crippen molar-refractivity contribution in [3.8, 4) is 0 Å². The number of Topliss-reactive ketones (excluding diaryl/α,β-unsaturated/α-hetero) is 1. The van der Waals surface area contributed by atoms with Crippen LogP contribution in [0.25, 0.3) is 0 Å². The quantitative estimate of drug-likeness (QED) is 0.670. The van der Waals surface area contributed by atoms with Gasteiger partial charge in [-0.05, 0) is 24.8 Å². The van der Waals surface area contributed by atoms with Crippen molar-refractivity contribution in [3.63, 3.8) is 0 Å². The molecular weight excluding hydrogens is 180 g/mol. The zero-order valence-corrected chi connectivity index (χ0v) is 7.36. The minimum atomic E-state index is 0.250. The molecule has 0 aromatic rings. The van der Waals surface area contributed by atoms with Crippen LogP contribution in [-0.4, -0.2) is 5.78 Å². The molecule has 0 aliphatic rings. The van der Waals surface area contributed by atoms with Gasteiger partial charge in [-0.2, -0.15) is 0 Å². The Morgan fingerprint density at radius 1 is 1.56 bits per heavy atom. The number of ketones is 1. The van der Waals surface area contributed by atoms with Crippen molar-refractivity contribution < 1.29 is 4.79 Å². The van der Waals surface area contributed by atoms with Crippen molar-refractivity contribution in [1.29, 1.82) is 0 Å². The third kappa shape index (κ3) is 7.89. The van der Waals surface area contributed by atoms with Crippen LogP contribution >= 0.6 is 15.9 Å². The van der Waals surface area contributed by atoms with Gasteiger partial charge in [0.2, 0.25) is 0 Å². The Balaban J connectivity index is 3.31. The summed E-state index contributed by atoms with van der Waals surface area (Å²) in [6.07, 6.45) is 3.51. The van der Waals surface area contributed by atoms with Crippen LogP contribution in [0.5, 0.6) is 0 Å². The second-order valence-corrected chi connectivity index (χ2v) is 3.28. The van der Waals surface area contributed by atoms with Gasteiger partial charge in [0, 0.05) is 6.42 Å². The summed E-state index contributed by atoms with van der Waals surface area (Å²) >= 11 is 3.27. The standard InChI is InChI=1S/C7H11BrO/c1-6(8)4-3-5-7(2)9/h4H,3,5H2,1-2H3/b6-4+. The van der Waals surface area contributed by atoms with Gasteiger partial charge in [0.1, 0.15) is 5.78 Å². The van der Waals surface area contributed by atoms with E-state index in [0.29, 0.717) is 6.42 Å². The van der Waals surface area contributed by atoms with Crippen LogP contribution in [0.4, 0.5) is 0 Å². The van der Waals surface area contributed by atoms with E-state index in [1.54, 1.807) is 6.92 Å². The highest BCUT2D eigenvalue weighted by Gasteiger charge is 1.88. The normalized spacial score (nSPS) is 11.7. The van der Waals surface area contributed by atoms with Gasteiger partial charge >= 0.3 is 0 Å². The van der Waals surface area contributed by atoms with Gasteiger partial charge in [0.15, 0.2) is 0 Å². The predicted octanol–water partition coefficient (Wildman–Crippen LogP) is 2.65. The topological polar surface area (TPSA) is 17.1 Å². The zero-order chi connectivity index (χ0) is 7.28. The maximum absolute atomic E-state index is 10.4. The van der Waals surface area contributed by atoms with Crippen LogP contribution in [0, 0.1) is 0 Å². The number of carbonyl (C=O) groups is 1. The summed E-state index contributed by atoms with van der Waals surface area (Å²) in [5.74, 6) is 0.250. The summed E-state index contributed by atoms with van der Waals surface area (Å²) in [7, 11) is 0. The molecule has 0 aliphatic heterocycles. The SMILES string of the molecule is CC(=O)CC/C=C(\C)Br. The van der Waals surface area contributed by atoms with Gasteiger partial charge in [-0.25, -0.2) is 0 Å². The average Bonchev–Trinajstić information content (AvgIpc) is 1.63. The van der Waals surface area contributed by atoms with E-state index in [1.807, 2.05) is 13.0 Å². The van der Waals surface area contributed by atoms with Crippen molar-refractivity contribution >= 4 is 21.7 Å². The Labute approximate surface area is 64.3 Å². The minimum absolute atomic E-state index is 0.250. The Morgan fingerprint density at radius 2 is 2.11 bits per heavy atom. The van der Waals surface area contributed by atoms with Crippen molar-refractivity contribution in [2.75, 3.05) is 0 Å². The number of allylic oxidation sites excluding steroid dienone is 2. The smallest absolute Gasteiger partial charge is 0.130 e. The molecule has 2 heteroatoms. The van der Waals surface area contributed by atoms with Crippen LogP contribution in [0.15, 0.2) is 10.6 Å². The molecule has 0 bridgehead atoms. The van der Waals surface area contributed by atoms with E-state index in [2.05, 4.69) is 15.9 Å². The maximum atomic E-state index is 10.4. The Bertz CT molecular complexity index is 123. The van der Waals surface area contributed by atoms with E-state index < -0.39 is 0 Å². The molecule has 0 aromatic carbocycles. The number of hydrogen-bond donors (Lipinski definition) is 0. The molecule has 0 spiro atoms. The van der Waals surface area contributed by atoms with E-state index in [9.17, 15) is 4.79 Å². The fraction of sp³-hybridized carbons (Fsp3) is 0.571. The van der Waals surface area contributed by atoms with Gasteiger partial charge < -0.3 is 4.79 Å². The Hall–Kier alpha value is -0.110. The van der Waals surface area contributed by atoms with E-state index in [-0.39, 0.29) is 5.78 Å². The van der Waals surface area contributed by atoms with Crippen LogP contribution in [-0.2, 0) is 4.79 Å². The molecule has 0 amide bonds. The van der Waals surface area contributed by atoms with Crippen LogP contribution in [0.2, 0.25) is 0 Å². The fourth-order valence-electron chi connectivity index (χ4n) is 0.474. The van der Waals surface area contributed by atoms with E-state index >= 15 is 0 Å². The molecule has 52 valence electrons. The first kappa shape index (κ1) is 8.89. The number of halogens is 1. The highest BCUT2D eigenvalue weighted by Crippen LogP contribution is 2.04. The second-order valence-electron chi connectivity index (χ2n) is 2.03. The molecule has 0 atom stereocenters. The second kappa shape index (κ2) is 4.74. The monoisotopic (exact) mass is 190 g/mol. The molecule has 0 fully saturated rings. The lowest BCUT2D eigenvalue weighted by atomic mass is 10.2. The van der Waals surface area contributed by atoms with Crippen LogP contribution < -0.4 is 0 Å². The van der Waals surface area contributed by atoms with Gasteiger partial charge in [0.25, 0.3) is 0 Å². The van der Waals surface area contributed by atoms with Crippen molar-refractivity contribution in [2.24, 2.45) is 0 Å². The van der Waals surface area contributed by atoms with Crippen LogP contribution in [0.1, 0.15) is 26.7 Å². The third-order valence-electron chi connectivity index (χ3n) is 0.922. The average molecular weight is 191 g/mol. The van der Waals surface area contributed by atoms with Gasteiger partial charge in [0.05, 0.1) is 0 Å². The number of carbonyl (C=O) groups excluding carboxylic acids is 1. The first-order valence-corrected chi connectivity index (χ1v) is 3.74. The fourth-order valence-corrected chi connectivity index (χ4v) is 0.703. The first-order chi connectivity index (χ1) is 4.13. The molecule has 1 nitrogen and oxygen atoms in total. The zero-order valence-electron chi connectivity index (χ0n) is 5.78. The summed E-state index contributed by atoms with van der Waals surface area (Å²) in [5, 5.41) is 0. The van der Waals surface area contributed by atoms with E-state index in [0.717, 1.165) is 10.9 Å². The lowest BCUT2D eigenvalue weighted by Crippen LogP contribution is -1.86. The lowest BCUT2D eigenvalue weighted by Gasteiger charge is -1.87. The van der Waals surface area contributed by atoms with Gasteiger partial charge in [-0.15, -0.1) is 0 Å². The van der Waals surface area contributed by atoms with Gasteiger partial charge in [-0.1, -0.05) is 22.0 Å². The largest absolute Gasteiger partial charge is 0.300 e. The van der Waals surface area contributed by atoms with Crippen molar-refractivity contribution in [2.45, 2.75) is 26.7 Å². The van der Waals surface area contributed by atoms with Crippen LogP contribution in [0.3, 0.4) is 0 Å². The van der Waals surface area contributed by atoms with E-state index in [4.69, 9.17) is 0 Å². The number of rotatable bonds is 3. The summed E-state index contributed by atoms with van der Waals surface area (Å²) in [6.45, 7) is 3.57. The van der Waals surface area contributed by atoms with E-state index in [1.165, 1.54) is 0 Å². The highest BCUT2D eigenvalue weighted by atomic mass is 79.9. The summed E-state index contributed by atoms with van der Waals surface area (Å²) in [4.78, 5) is 10.4. The molecule has 9 heavy (non-hydrogen) atoms. The van der Waals surface area contributed by atoms with Crippen molar-refractivity contribution in [1.82, 2.24) is 0 Å². The molecule has 0 rings (SSSR count). The summed E-state index contributed by atoms with van der Waals surface area (Å²) < 4.78 is 1.10. The third-order valence-corrected chi connectivity index (χ3v) is 1.25. The molecule has 0 aromatic heterocycles. The molecule has 0 radical (unpaired) electrons. The highest BCUT2D eigenvalue weighted by molar-refractivity contribution is 9.11. The summed E-state index contributed by atoms with van der Waals surface area (Å²) in [5.41, 5.74) is 0. The molecule has 0 saturated carbocycles. The minimum Gasteiger partial charge on any atom is -0.300 e. The maximum Gasteiger partial charge on any atom is 0.130 e. The Kier molecular flexibility index (Phi) is 4.68. The first-order valence-electron chi connectivity index (χ1n) is 2.94. The molecular formula is C7H11BrO. The molecule has 0 saturated heterocycles. The molecule has 0 heterocycles. The predicted molar refractivity (Wildman–Crippen MR) is 42.6 cm³/mol. The number of hydrogen-bond acceptors (Lipinski definition) is 1. The van der Waals surface area contributed by atoms with Crippen molar-refractivity contribution in [3.05, 3.63) is 10.6 Å². The molecule has 0 aliphatic carbocycles. The Morgan fingerprint density at radius 3 is 2.44 bits per heavy atom.